The minimum Gasteiger partial charge on any atom is -0.381 e. The first-order valence-corrected chi connectivity index (χ1v) is 6.85. The number of anilines is 1. The van der Waals surface area contributed by atoms with Crippen molar-refractivity contribution in [2.45, 2.75) is 26.3 Å². The number of aromatic nitrogens is 2. The van der Waals surface area contributed by atoms with Gasteiger partial charge < -0.3 is 15.0 Å². The third-order valence-corrected chi connectivity index (χ3v) is 4.15. The van der Waals surface area contributed by atoms with E-state index in [0.29, 0.717) is 11.5 Å². The number of nitrogens with zero attached hydrogens (tertiary/aromatic N) is 3. The minimum absolute atomic E-state index is 0.169. The zero-order valence-corrected chi connectivity index (χ0v) is 11.6. The van der Waals surface area contributed by atoms with Gasteiger partial charge >= 0.3 is 0 Å². The molecule has 0 amide bonds. The van der Waals surface area contributed by atoms with Crippen molar-refractivity contribution in [1.82, 2.24) is 9.55 Å². The number of fused-ring (bicyclic) bond motifs is 1. The number of nitriles is 1. The highest BCUT2D eigenvalue weighted by molar-refractivity contribution is 5.79. The van der Waals surface area contributed by atoms with Gasteiger partial charge in [0.1, 0.15) is 0 Å². The highest BCUT2D eigenvalue weighted by Crippen LogP contribution is 2.34. The molecule has 2 N–H and O–H groups in total. The zero-order chi connectivity index (χ0) is 14.2. The fraction of sp³-hybridized carbons (Fsp3) is 0.467. The summed E-state index contributed by atoms with van der Waals surface area (Å²) in [5.41, 5.74) is 8.65. The molecule has 0 aliphatic carbocycles. The maximum Gasteiger partial charge on any atom is 0.201 e. The molecule has 0 bridgehead atoms. The van der Waals surface area contributed by atoms with E-state index >= 15 is 0 Å². The third kappa shape index (κ3) is 2.23. The van der Waals surface area contributed by atoms with Crippen LogP contribution in [0, 0.1) is 16.7 Å². The first-order valence-electron chi connectivity index (χ1n) is 6.85. The van der Waals surface area contributed by atoms with Crippen LogP contribution in [-0.4, -0.2) is 22.8 Å². The van der Waals surface area contributed by atoms with E-state index in [1.807, 2.05) is 16.7 Å². The molecule has 1 aliphatic heterocycles. The molecule has 0 radical (unpaired) electrons. The standard InChI is InChI=1S/C15H18N4O/c1-15(4-6-20-7-5-15)10-19-13-8-11(9-16)2-3-12(13)18-14(19)17/h2-3,8H,4-7,10H2,1H3,(H2,17,18). The summed E-state index contributed by atoms with van der Waals surface area (Å²) >= 11 is 0. The number of rotatable bonds is 2. The van der Waals surface area contributed by atoms with Crippen molar-refractivity contribution in [1.29, 1.82) is 5.26 Å². The summed E-state index contributed by atoms with van der Waals surface area (Å²) in [4.78, 5) is 4.39. The molecule has 0 unspecified atom stereocenters. The van der Waals surface area contributed by atoms with E-state index in [1.165, 1.54) is 0 Å². The van der Waals surface area contributed by atoms with Gasteiger partial charge in [-0.3, -0.25) is 0 Å². The highest BCUT2D eigenvalue weighted by atomic mass is 16.5. The lowest BCUT2D eigenvalue weighted by Crippen LogP contribution is -2.31. The van der Waals surface area contributed by atoms with Crippen molar-refractivity contribution in [2.24, 2.45) is 5.41 Å². The smallest absolute Gasteiger partial charge is 0.201 e. The summed E-state index contributed by atoms with van der Waals surface area (Å²) in [6.45, 7) is 4.67. The van der Waals surface area contributed by atoms with E-state index in [0.717, 1.165) is 43.6 Å². The van der Waals surface area contributed by atoms with Gasteiger partial charge in [-0.2, -0.15) is 5.26 Å². The average molecular weight is 270 g/mol. The maximum atomic E-state index is 9.04. The second-order valence-corrected chi connectivity index (χ2v) is 5.79. The number of hydrogen-bond donors (Lipinski definition) is 1. The lowest BCUT2D eigenvalue weighted by Gasteiger charge is -2.34. The molecule has 2 heterocycles. The van der Waals surface area contributed by atoms with Gasteiger partial charge in [-0.05, 0) is 36.5 Å². The monoisotopic (exact) mass is 270 g/mol. The van der Waals surface area contributed by atoms with Crippen molar-refractivity contribution in [3.8, 4) is 6.07 Å². The van der Waals surface area contributed by atoms with Crippen molar-refractivity contribution < 1.29 is 4.74 Å². The molecule has 1 aliphatic rings. The molecule has 1 saturated heterocycles. The molecule has 5 nitrogen and oxygen atoms in total. The van der Waals surface area contributed by atoms with E-state index in [9.17, 15) is 0 Å². The molecule has 1 aromatic heterocycles. The van der Waals surface area contributed by atoms with Crippen LogP contribution < -0.4 is 5.73 Å². The van der Waals surface area contributed by atoms with Crippen LogP contribution in [0.2, 0.25) is 0 Å². The van der Waals surface area contributed by atoms with E-state index in [4.69, 9.17) is 15.7 Å². The number of benzene rings is 1. The average Bonchev–Trinajstić information content (AvgIpc) is 2.75. The minimum atomic E-state index is 0.169. The van der Waals surface area contributed by atoms with Crippen LogP contribution in [0.15, 0.2) is 18.2 Å². The quantitative estimate of drug-likeness (QED) is 0.908. The van der Waals surface area contributed by atoms with Crippen LogP contribution in [0.3, 0.4) is 0 Å². The van der Waals surface area contributed by atoms with Gasteiger partial charge in [0.05, 0.1) is 22.7 Å². The Morgan fingerprint density at radius 2 is 2.20 bits per heavy atom. The molecule has 5 heteroatoms. The van der Waals surface area contributed by atoms with E-state index in [-0.39, 0.29) is 5.41 Å². The number of nitrogens with two attached hydrogens (primary N) is 1. The molecule has 0 atom stereocenters. The second-order valence-electron chi connectivity index (χ2n) is 5.79. The van der Waals surface area contributed by atoms with Crippen molar-refractivity contribution in [2.75, 3.05) is 18.9 Å². The first-order chi connectivity index (χ1) is 9.61. The summed E-state index contributed by atoms with van der Waals surface area (Å²) in [6, 6.07) is 7.66. The Hall–Kier alpha value is -2.06. The van der Waals surface area contributed by atoms with Gasteiger partial charge in [-0.1, -0.05) is 6.92 Å². The molecular formula is C15H18N4O. The lowest BCUT2D eigenvalue weighted by atomic mass is 9.82. The van der Waals surface area contributed by atoms with Crippen LogP contribution in [-0.2, 0) is 11.3 Å². The van der Waals surface area contributed by atoms with Crippen LogP contribution in [0.5, 0.6) is 0 Å². The largest absolute Gasteiger partial charge is 0.381 e. The molecule has 104 valence electrons. The molecule has 20 heavy (non-hydrogen) atoms. The molecule has 2 aromatic rings. The first kappa shape index (κ1) is 12.9. The summed E-state index contributed by atoms with van der Waals surface area (Å²) in [7, 11) is 0. The number of nitrogen functional groups attached to an aromatic ring is 1. The van der Waals surface area contributed by atoms with Crippen molar-refractivity contribution >= 4 is 17.0 Å². The summed E-state index contributed by atoms with van der Waals surface area (Å²) in [6.07, 6.45) is 2.04. The normalized spacial score (nSPS) is 18.0. The van der Waals surface area contributed by atoms with Crippen LogP contribution in [0.4, 0.5) is 5.95 Å². The Morgan fingerprint density at radius 1 is 1.45 bits per heavy atom. The highest BCUT2D eigenvalue weighted by Gasteiger charge is 2.29. The predicted octanol–water partition coefficient (Wildman–Crippen LogP) is 2.31. The molecule has 3 rings (SSSR count). The Labute approximate surface area is 118 Å². The molecule has 0 saturated carbocycles. The fourth-order valence-electron chi connectivity index (χ4n) is 2.78. The Bertz CT molecular complexity index is 677. The number of hydrogen-bond acceptors (Lipinski definition) is 4. The topological polar surface area (TPSA) is 76.9 Å². The lowest BCUT2D eigenvalue weighted by molar-refractivity contribution is 0.0163. The van der Waals surface area contributed by atoms with Gasteiger partial charge in [-0.25, -0.2) is 4.98 Å². The summed E-state index contributed by atoms with van der Waals surface area (Å²) in [5, 5.41) is 9.04. The van der Waals surface area contributed by atoms with Gasteiger partial charge in [0.25, 0.3) is 0 Å². The molecule has 1 aromatic carbocycles. The van der Waals surface area contributed by atoms with Crippen LogP contribution in [0.1, 0.15) is 25.3 Å². The van der Waals surface area contributed by atoms with Crippen molar-refractivity contribution in [3.63, 3.8) is 0 Å². The van der Waals surface area contributed by atoms with Gasteiger partial charge in [0.2, 0.25) is 5.95 Å². The fourth-order valence-corrected chi connectivity index (χ4v) is 2.78. The van der Waals surface area contributed by atoms with Crippen LogP contribution in [0.25, 0.3) is 11.0 Å². The molecule has 1 fully saturated rings. The van der Waals surface area contributed by atoms with E-state index in [1.54, 1.807) is 6.07 Å². The zero-order valence-electron chi connectivity index (χ0n) is 11.6. The Kier molecular flexibility index (Phi) is 3.11. The van der Waals surface area contributed by atoms with Crippen molar-refractivity contribution in [3.05, 3.63) is 23.8 Å². The van der Waals surface area contributed by atoms with Crippen LogP contribution >= 0.6 is 0 Å². The van der Waals surface area contributed by atoms with Gasteiger partial charge in [0, 0.05) is 19.8 Å². The number of imidazole rings is 1. The maximum absolute atomic E-state index is 9.04. The Balaban J connectivity index is 2.02. The van der Waals surface area contributed by atoms with E-state index < -0.39 is 0 Å². The van der Waals surface area contributed by atoms with E-state index in [2.05, 4.69) is 18.0 Å². The third-order valence-electron chi connectivity index (χ3n) is 4.15. The second kappa shape index (κ2) is 4.80. The van der Waals surface area contributed by atoms with Gasteiger partial charge in [0.15, 0.2) is 0 Å². The summed E-state index contributed by atoms with van der Waals surface area (Å²) in [5.74, 6) is 0.516. The Morgan fingerprint density at radius 3 is 2.90 bits per heavy atom. The predicted molar refractivity (Wildman–Crippen MR) is 77.0 cm³/mol. The van der Waals surface area contributed by atoms with Gasteiger partial charge in [-0.15, -0.1) is 0 Å². The molecule has 0 spiro atoms. The summed E-state index contributed by atoms with van der Waals surface area (Å²) < 4.78 is 7.47. The molecular weight excluding hydrogens is 252 g/mol. The number of ether oxygens (including phenoxy) is 1. The SMILES string of the molecule is CC1(Cn2c(N)nc3ccc(C#N)cc32)CCOCC1.